The summed E-state index contributed by atoms with van der Waals surface area (Å²) in [5.74, 6) is -1.32. The van der Waals surface area contributed by atoms with Crippen molar-refractivity contribution >= 4 is 23.5 Å². The van der Waals surface area contributed by atoms with E-state index in [2.05, 4.69) is 6.07 Å². The fraction of sp³-hybridized carbons (Fsp3) is 0.346. The van der Waals surface area contributed by atoms with Crippen LogP contribution in [0.1, 0.15) is 37.8 Å². The molecule has 4 rings (SSSR count). The van der Waals surface area contributed by atoms with Gasteiger partial charge in [0, 0.05) is 17.0 Å². The third-order valence-corrected chi connectivity index (χ3v) is 6.42. The molecule has 5 heteroatoms. The first-order valence-corrected chi connectivity index (χ1v) is 10.4. The lowest BCUT2D eigenvalue weighted by molar-refractivity contribution is -0.150. The summed E-state index contributed by atoms with van der Waals surface area (Å²) < 4.78 is 5.20. The molecule has 0 spiro atoms. The predicted octanol–water partition coefficient (Wildman–Crippen LogP) is 4.35. The van der Waals surface area contributed by atoms with Gasteiger partial charge in [-0.3, -0.25) is 9.59 Å². The van der Waals surface area contributed by atoms with E-state index in [9.17, 15) is 14.9 Å². The lowest BCUT2D eigenvalue weighted by atomic mass is 9.67. The van der Waals surface area contributed by atoms with E-state index < -0.39 is 34.8 Å². The highest BCUT2D eigenvalue weighted by atomic mass is 16.5. The maximum absolute atomic E-state index is 13.9. The molecule has 158 valence electrons. The zero-order chi connectivity index (χ0) is 22.4. The van der Waals surface area contributed by atoms with E-state index in [0.717, 1.165) is 16.8 Å². The van der Waals surface area contributed by atoms with Crippen molar-refractivity contribution in [2.75, 3.05) is 12.0 Å². The Morgan fingerprint density at radius 2 is 1.71 bits per heavy atom. The molecule has 0 aromatic heterocycles. The van der Waals surface area contributed by atoms with Crippen molar-refractivity contribution in [2.45, 2.75) is 38.8 Å². The molecule has 2 aromatic rings. The highest BCUT2D eigenvalue weighted by molar-refractivity contribution is 5.99. The van der Waals surface area contributed by atoms with Crippen molar-refractivity contribution in [3.8, 4) is 6.07 Å². The molecule has 2 aliphatic rings. The molecule has 4 unspecified atom stereocenters. The summed E-state index contributed by atoms with van der Waals surface area (Å²) >= 11 is 0. The van der Waals surface area contributed by atoms with Gasteiger partial charge in [0.2, 0.25) is 0 Å². The average molecular weight is 415 g/mol. The Morgan fingerprint density at radius 1 is 1.06 bits per heavy atom. The minimum absolute atomic E-state index is 0.0162. The number of carbonyl (C=O) groups excluding carboxylic acids is 2. The third kappa shape index (κ3) is 2.97. The van der Waals surface area contributed by atoms with Gasteiger partial charge in [0.1, 0.15) is 0 Å². The number of para-hydroxylation sites is 1. The number of rotatable bonds is 3. The number of esters is 1. The van der Waals surface area contributed by atoms with Gasteiger partial charge in [0.05, 0.1) is 25.3 Å². The zero-order valence-corrected chi connectivity index (χ0v) is 18.2. The number of benzene rings is 2. The highest BCUT2D eigenvalue weighted by Gasteiger charge is 2.67. The number of hydrogen-bond acceptors (Lipinski definition) is 5. The molecule has 2 aliphatic heterocycles. The van der Waals surface area contributed by atoms with Crippen molar-refractivity contribution < 1.29 is 14.3 Å². The monoisotopic (exact) mass is 414 g/mol. The summed E-state index contributed by atoms with van der Waals surface area (Å²) in [4.78, 5) is 29.2. The number of ether oxygens (including phenoxy) is 1. The molecule has 0 N–H and O–H groups in total. The Labute approximate surface area is 182 Å². The minimum Gasteiger partial charge on any atom is -0.468 e. The average Bonchev–Trinajstić information content (AvgIpc) is 3.09. The van der Waals surface area contributed by atoms with Crippen molar-refractivity contribution in [3.63, 3.8) is 0 Å². The first-order chi connectivity index (χ1) is 14.8. The van der Waals surface area contributed by atoms with Crippen LogP contribution < -0.4 is 4.90 Å². The molecule has 1 saturated heterocycles. The molecule has 0 radical (unpaired) electrons. The maximum Gasteiger partial charge on any atom is 0.329 e. The van der Waals surface area contributed by atoms with Gasteiger partial charge < -0.3 is 9.64 Å². The SMILES string of the molecule is COC(=O)C1(C#N)C(c2ccccc2)C(C(=O)C(C)(C)C)N2c3ccccc3C=CC21. The smallest absolute Gasteiger partial charge is 0.329 e. The van der Waals surface area contributed by atoms with E-state index in [1.807, 2.05) is 92.4 Å². The number of nitrogens with zero attached hydrogens (tertiary/aromatic N) is 2. The van der Waals surface area contributed by atoms with E-state index in [1.54, 1.807) is 0 Å². The van der Waals surface area contributed by atoms with Gasteiger partial charge in [0.25, 0.3) is 0 Å². The number of anilines is 1. The summed E-state index contributed by atoms with van der Waals surface area (Å²) in [6, 6.07) is 18.2. The van der Waals surface area contributed by atoms with Gasteiger partial charge in [-0.15, -0.1) is 0 Å². The number of Topliss-reactive ketones (excluding diaryl/α,β-unsaturated/α-hetero) is 1. The molecule has 0 bridgehead atoms. The van der Waals surface area contributed by atoms with Gasteiger partial charge in [-0.2, -0.15) is 5.26 Å². The number of ketones is 1. The van der Waals surface area contributed by atoms with Crippen molar-refractivity contribution in [1.82, 2.24) is 0 Å². The first-order valence-electron chi connectivity index (χ1n) is 10.4. The predicted molar refractivity (Wildman–Crippen MR) is 119 cm³/mol. The number of fused-ring (bicyclic) bond motifs is 3. The first kappa shape index (κ1) is 20.9. The zero-order valence-electron chi connectivity index (χ0n) is 18.2. The van der Waals surface area contributed by atoms with E-state index in [4.69, 9.17) is 4.74 Å². The summed E-state index contributed by atoms with van der Waals surface area (Å²) in [7, 11) is 1.30. The quantitative estimate of drug-likeness (QED) is 0.698. The standard InChI is InChI=1S/C26H26N2O3/c1-25(2,3)23(29)22-21(18-11-6-5-7-12-18)26(16-27,24(30)31-4)20-15-14-17-10-8-9-13-19(17)28(20)22/h5-15,20-22H,1-4H3. The number of carbonyl (C=O) groups is 2. The van der Waals surface area contributed by atoms with Crippen LogP contribution in [0, 0.1) is 22.2 Å². The lowest BCUT2D eigenvalue weighted by Crippen LogP contribution is -2.48. The van der Waals surface area contributed by atoms with Crippen LogP contribution in [-0.2, 0) is 14.3 Å². The van der Waals surface area contributed by atoms with Gasteiger partial charge in [-0.05, 0) is 17.2 Å². The van der Waals surface area contributed by atoms with Crippen LogP contribution in [0.4, 0.5) is 5.69 Å². The molecular weight excluding hydrogens is 388 g/mol. The van der Waals surface area contributed by atoms with Crippen LogP contribution in [0.2, 0.25) is 0 Å². The van der Waals surface area contributed by atoms with E-state index in [1.165, 1.54) is 7.11 Å². The largest absolute Gasteiger partial charge is 0.468 e. The van der Waals surface area contributed by atoms with E-state index in [-0.39, 0.29) is 5.78 Å². The number of hydrogen-bond donors (Lipinski definition) is 0. The number of nitriles is 1. The lowest BCUT2D eigenvalue weighted by Gasteiger charge is -2.37. The molecular formula is C26H26N2O3. The molecule has 0 aliphatic carbocycles. The second kappa shape index (κ2) is 7.39. The summed E-state index contributed by atoms with van der Waals surface area (Å²) in [5, 5.41) is 10.5. The van der Waals surface area contributed by atoms with Gasteiger partial charge in [-0.1, -0.05) is 81.5 Å². The molecule has 5 nitrogen and oxygen atoms in total. The number of methoxy groups -OCH3 is 1. The summed E-state index contributed by atoms with van der Waals surface area (Å²) in [6.07, 6.45) is 3.80. The van der Waals surface area contributed by atoms with Crippen LogP contribution in [-0.4, -0.2) is 30.9 Å². The fourth-order valence-electron chi connectivity index (χ4n) is 5.01. The molecule has 1 fully saturated rings. The van der Waals surface area contributed by atoms with Gasteiger partial charge in [0.15, 0.2) is 11.2 Å². The Morgan fingerprint density at radius 3 is 2.32 bits per heavy atom. The van der Waals surface area contributed by atoms with Gasteiger partial charge >= 0.3 is 5.97 Å². The molecule has 4 atom stereocenters. The van der Waals surface area contributed by atoms with Crippen LogP contribution in [0.3, 0.4) is 0 Å². The highest BCUT2D eigenvalue weighted by Crippen LogP contribution is 2.56. The second-order valence-corrected chi connectivity index (χ2v) is 9.19. The van der Waals surface area contributed by atoms with E-state index >= 15 is 0 Å². The Balaban J connectivity index is 2.06. The van der Waals surface area contributed by atoms with Crippen LogP contribution in [0.25, 0.3) is 6.08 Å². The normalized spacial score (nSPS) is 26.5. The third-order valence-electron chi connectivity index (χ3n) is 6.42. The fourth-order valence-corrected chi connectivity index (χ4v) is 5.01. The minimum atomic E-state index is -1.56. The topological polar surface area (TPSA) is 70.4 Å². The molecule has 2 aromatic carbocycles. The summed E-state index contributed by atoms with van der Waals surface area (Å²) in [5.41, 5.74) is 0.346. The molecule has 0 amide bonds. The Bertz CT molecular complexity index is 1090. The van der Waals surface area contributed by atoms with E-state index in [0.29, 0.717) is 0 Å². The van der Waals surface area contributed by atoms with Crippen LogP contribution in [0.15, 0.2) is 60.7 Å². The van der Waals surface area contributed by atoms with Gasteiger partial charge in [-0.25, -0.2) is 0 Å². The maximum atomic E-state index is 13.9. The summed E-state index contributed by atoms with van der Waals surface area (Å²) in [6.45, 7) is 5.63. The molecule has 0 saturated carbocycles. The van der Waals surface area contributed by atoms with Crippen LogP contribution >= 0.6 is 0 Å². The Hall–Kier alpha value is -3.39. The Kier molecular flexibility index (Phi) is 4.97. The molecule has 31 heavy (non-hydrogen) atoms. The van der Waals surface area contributed by atoms with Crippen molar-refractivity contribution in [3.05, 3.63) is 71.8 Å². The van der Waals surface area contributed by atoms with Crippen molar-refractivity contribution in [2.24, 2.45) is 10.8 Å². The van der Waals surface area contributed by atoms with Crippen molar-refractivity contribution in [1.29, 1.82) is 5.26 Å². The van der Waals surface area contributed by atoms with Crippen LogP contribution in [0.5, 0.6) is 0 Å². The molecule has 2 heterocycles. The second-order valence-electron chi connectivity index (χ2n) is 9.19.